The Morgan fingerprint density at radius 3 is 2.02 bits per heavy atom. The van der Waals surface area contributed by atoms with Crippen molar-refractivity contribution < 1.29 is 51.0 Å². The van der Waals surface area contributed by atoms with Gasteiger partial charge >= 0.3 is 0 Å². The van der Waals surface area contributed by atoms with E-state index in [-0.39, 0.29) is 28.1 Å². The Balaban J connectivity index is 1.20. The van der Waals surface area contributed by atoms with E-state index in [1.54, 1.807) is 60.7 Å². The number of halogens is 7. The van der Waals surface area contributed by atoms with Crippen LogP contribution in [0.15, 0.2) is 72.3 Å². The molecule has 16 heteroatoms. The van der Waals surface area contributed by atoms with Gasteiger partial charge in [-0.05, 0) is 59.9 Å². The molecule has 4 aromatic carbocycles. The maximum absolute atomic E-state index is 15.4. The molecule has 3 heterocycles. The molecular weight excluding hydrogens is 784 g/mol. The quantitative estimate of drug-likeness (QED) is 0.0601. The summed E-state index contributed by atoms with van der Waals surface area (Å²) in [5, 5.41) is 12.4. The van der Waals surface area contributed by atoms with Gasteiger partial charge in [-0.25, -0.2) is 26.9 Å². The van der Waals surface area contributed by atoms with Gasteiger partial charge in [-0.1, -0.05) is 42.0 Å². The number of phenolic OH excluding ortho intramolecular Hbond substituents is 1. The lowest BCUT2D eigenvalue weighted by Crippen LogP contribution is -2.60. The molecule has 56 heavy (non-hydrogen) atoms. The van der Waals surface area contributed by atoms with Crippen LogP contribution >= 0.6 is 23.2 Å². The molecule has 6 atom stereocenters. The summed E-state index contributed by atoms with van der Waals surface area (Å²) in [6.45, 7) is 2.39. The number of aromatic hydroxyl groups is 1. The number of rotatable bonds is 4. The number of allylic oxidation sites excluding steroid dienone is 2. The second-order valence-electron chi connectivity index (χ2n) is 14.5. The fourth-order valence-corrected chi connectivity index (χ4v) is 10.3. The van der Waals surface area contributed by atoms with E-state index >= 15 is 8.78 Å². The zero-order chi connectivity index (χ0) is 39.6. The highest BCUT2D eigenvalue weighted by molar-refractivity contribution is 6.58. The van der Waals surface area contributed by atoms with E-state index in [1.165, 1.54) is 6.07 Å². The lowest BCUT2D eigenvalue weighted by molar-refractivity contribution is -0.125. The molecule has 4 fully saturated rings. The van der Waals surface area contributed by atoms with Crippen LogP contribution in [0.3, 0.4) is 0 Å². The minimum absolute atomic E-state index is 0.0368. The molecule has 9 rings (SSSR count). The topological polar surface area (TPSA) is 107 Å². The van der Waals surface area contributed by atoms with Gasteiger partial charge < -0.3 is 14.7 Å². The smallest absolute Gasteiger partial charge is 0.258 e. The maximum atomic E-state index is 15.4. The number of benzene rings is 4. The van der Waals surface area contributed by atoms with E-state index in [2.05, 4.69) is 4.90 Å². The number of hydrogen-bond acceptors (Lipinski definition) is 7. The first-order valence-electron chi connectivity index (χ1n) is 17.7. The predicted molar refractivity (Wildman–Crippen MR) is 194 cm³/mol. The standard InChI is InChI=1S/C40H28Cl2F5N3O6/c41-39-17-24-22(10-11-23-26(24)36(53)49(35(23)52)20-8-6-19(7-9-20)48-13-15-56-16-14-48)28(27-21-4-2-1-3-18(21)5-12-25(27)51)40(39,42)38(55)50(37(39)54)34-32(46)30(44)29(43)31(45)33(34)47/h1-10,12,23-24,26,28,51H,11,13-17H2. The summed E-state index contributed by atoms with van der Waals surface area (Å²) >= 11 is 14.6. The largest absolute Gasteiger partial charge is 0.508 e. The third kappa shape index (κ3) is 4.75. The number of alkyl halides is 2. The van der Waals surface area contributed by atoms with Crippen LogP contribution in [0, 0.1) is 46.8 Å². The van der Waals surface area contributed by atoms with E-state index in [1.807, 2.05) is 0 Å². The Bertz CT molecular complexity index is 2430. The molecule has 5 aliphatic rings. The average Bonchev–Trinajstić information content (AvgIpc) is 3.55. The average molecular weight is 813 g/mol. The highest BCUT2D eigenvalue weighted by atomic mass is 35.5. The van der Waals surface area contributed by atoms with Crippen LogP contribution in [0.25, 0.3) is 10.8 Å². The molecule has 1 saturated carbocycles. The highest BCUT2D eigenvalue weighted by Crippen LogP contribution is 2.67. The van der Waals surface area contributed by atoms with Gasteiger partial charge in [0, 0.05) is 30.3 Å². The van der Waals surface area contributed by atoms with Crippen LogP contribution in [0.2, 0.25) is 0 Å². The van der Waals surface area contributed by atoms with Crippen molar-refractivity contribution in [1.82, 2.24) is 0 Å². The fourth-order valence-electron chi connectivity index (χ4n) is 9.36. The van der Waals surface area contributed by atoms with Gasteiger partial charge in [-0.2, -0.15) is 0 Å². The van der Waals surface area contributed by atoms with Crippen molar-refractivity contribution in [2.45, 2.75) is 28.5 Å². The number of ether oxygens (including phenoxy) is 1. The number of carbonyl (C=O) groups is 4. The molecule has 0 radical (unpaired) electrons. The van der Waals surface area contributed by atoms with Crippen molar-refractivity contribution in [3.05, 3.63) is 107 Å². The van der Waals surface area contributed by atoms with E-state index < -0.39 is 104 Å². The fraction of sp³-hybridized carbons (Fsp3) is 0.300. The van der Waals surface area contributed by atoms with Gasteiger partial charge in [0.15, 0.2) is 33.0 Å². The number of phenols is 1. The molecule has 0 spiro atoms. The van der Waals surface area contributed by atoms with Gasteiger partial charge in [0.25, 0.3) is 11.8 Å². The minimum atomic E-state index is -2.77. The molecule has 1 N–H and O–H groups in total. The SMILES string of the molecule is O=C1C2CC=C3C(CC4(Cl)C(=O)N(c5c(F)c(F)c(F)c(F)c5F)C(=O)C4(Cl)C3c3c(O)ccc4ccccc34)C2C(=O)N1c1ccc(N2CCOCC2)cc1. The van der Waals surface area contributed by atoms with Gasteiger partial charge in [0.1, 0.15) is 11.4 Å². The second-order valence-corrected chi connectivity index (χ2v) is 15.8. The van der Waals surface area contributed by atoms with Gasteiger partial charge in [-0.15, -0.1) is 23.2 Å². The molecule has 3 saturated heterocycles. The van der Waals surface area contributed by atoms with Crippen molar-refractivity contribution in [1.29, 1.82) is 0 Å². The van der Waals surface area contributed by atoms with Gasteiger partial charge in [-0.3, -0.25) is 24.1 Å². The van der Waals surface area contributed by atoms with Crippen LogP contribution in [-0.2, 0) is 23.9 Å². The van der Waals surface area contributed by atoms with Crippen LogP contribution in [-0.4, -0.2) is 64.8 Å². The number of nitrogens with zero attached hydrogens (tertiary/aromatic N) is 3. The number of fused-ring (bicyclic) bond motifs is 5. The highest BCUT2D eigenvalue weighted by Gasteiger charge is 2.77. The second kappa shape index (κ2) is 12.7. The Morgan fingerprint density at radius 1 is 0.714 bits per heavy atom. The van der Waals surface area contributed by atoms with Crippen molar-refractivity contribution in [2.75, 3.05) is 41.0 Å². The molecule has 0 bridgehead atoms. The van der Waals surface area contributed by atoms with E-state index in [4.69, 9.17) is 27.9 Å². The molecule has 0 aromatic heterocycles. The maximum Gasteiger partial charge on any atom is 0.258 e. The molecule has 2 aliphatic carbocycles. The van der Waals surface area contributed by atoms with Crippen LogP contribution < -0.4 is 14.7 Å². The predicted octanol–water partition coefficient (Wildman–Crippen LogP) is 6.85. The zero-order valence-corrected chi connectivity index (χ0v) is 30.4. The molecule has 4 aromatic rings. The van der Waals surface area contributed by atoms with Gasteiger partial charge in [0.2, 0.25) is 17.6 Å². The molecule has 4 amide bonds. The number of anilines is 3. The summed E-state index contributed by atoms with van der Waals surface area (Å²) in [5.74, 6) is -22.1. The lowest BCUT2D eigenvalue weighted by Gasteiger charge is -2.51. The molecule has 3 aliphatic heterocycles. The van der Waals surface area contributed by atoms with Crippen molar-refractivity contribution in [3.8, 4) is 5.75 Å². The summed E-state index contributed by atoms with van der Waals surface area (Å²) < 4.78 is 79.7. The number of imide groups is 2. The van der Waals surface area contributed by atoms with Crippen molar-refractivity contribution in [3.63, 3.8) is 0 Å². The first-order chi connectivity index (χ1) is 26.7. The zero-order valence-electron chi connectivity index (χ0n) is 28.9. The Labute approximate surface area is 324 Å². The first-order valence-corrected chi connectivity index (χ1v) is 18.5. The van der Waals surface area contributed by atoms with Gasteiger partial charge in [0.05, 0.1) is 30.7 Å². The molecular formula is C40H28Cl2F5N3O6. The molecule has 9 nitrogen and oxygen atoms in total. The van der Waals surface area contributed by atoms with Crippen LogP contribution in [0.5, 0.6) is 5.75 Å². The normalized spacial score (nSPS) is 28.8. The van der Waals surface area contributed by atoms with Crippen LogP contribution in [0.1, 0.15) is 24.3 Å². The number of amides is 4. The van der Waals surface area contributed by atoms with E-state index in [0.29, 0.717) is 37.1 Å². The first kappa shape index (κ1) is 36.6. The summed E-state index contributed by atoms with van der Waals surface area (Å²) in [6, 6.07) is 16.3. The summed E-state index contributed by atoms with van der Waals surface area (Å²) in [4.78, 5) is 55.3. The van der Waals surface area contributed by atoms with E-state index in [0.717, 1.165) is 10.6 Å². The van der Waals surface area contributed by atoms with Crippen LogP contribution in [0.4, 0.5) is 39.0 Å². The summed E-state index contributed by atoms with van der Waals surface area (Å²) in [7, 11) is 0. The third-order valence-corrected chi connectivity index (χ3v) is 13.4. The molecule has 6 unspecified atom stereocenters. The summed E-state index contributed by atoms with van der Waals surface area (Å²) in [6.07, 6.45) is 0.886. The Kier molecular flexibility index (Phi) is 8.32. The third-order valence-electron chi connectivity index (χ3n) is 11.9. The van der Waals surface area contributed by atoms with Crippen molar-refractivity contribution in [2.24, 2.45) is 17.8 Å². The van der Waals surface area contributed by atoms with Crippen molar-refractivity contribution >= 4 is 74.7 Å². The molecule has 288 valence electrons. The monoisotopic (exact) mass is 811 g/mol. The lowest BCUT2D eigenvalue weighted by atomic mass is 9.56. The number of carbonyl (C=O) groups excluding carboxylic acids is 4. The Morgan fingerprint density at radius 2 is 1.34 bits per heavy atom. The van der Waals surface area contributed by atoms with E-state index in [9.17, 15) is 37.5 Å². The number of morpholine rings is 1. The minimum Gasteiger partial charge on any atom is -0.508 e. The Hall–Kier alpha value is -5.05. The summed E-state index contributed by atoms with van der Waals surface area (Å²) in [5.41, 5.74) is -0.544. The number of hydrogen-bond donors (Lipinski definition) is 1.